The summed E-state index contributed by atoms with van der Waals surface area (Å²) in [4.78, 5) is 27.3. The van der Waals surface area contributed by atoms with E-state index in [0.29, 0.717) is 5.58 Å². The van der Waals surface area contributed by atoms with Gasteiger partial charge in [0.2, 0.25) is 0 Å². The number of aryl methyl sites for hydroxylation is 1. The number of hydrogen-bond acceptors (Lipinski definition) is 5. The van der Waals surface area contributed by atoms with Crippen molar-refractivity contribution in [2.24, 2.45) is 7.05 Å². The highest BCUT2D eigenvalue weighted by Crippen LogP contribution is 2.30. The van der Waals surface area contributed by atoms with E-state index in [4.69, 9.17) is 9.52 Å². The van der Waals surface area contributed by atoms with E-state index in [-0.39, 0.29) is 5.56 Å². The molecule has 0 aliphatic rings. The van der Waals surface area contributed by atoms with Crippen LogP contribution in [0.5, 0.6) is 0 Å². The third-order valence-corrected chi connectivity index (χ3v) is 4.84. The van der Waals surface area contributed by atoms with Gasteiger partial charge in [-0.15, -0.1) is 11.3 Å². The molecule has 1 N–H and O–H groups in total. The number of thiazole rings is 1. The quantitative estimate of drug-likeness (QED) is 0.609. The van der Waals surface area contributed by atoms with Crippen molar-refractivity contribution in [3.05, 3.63) is 64.0 Å². The Labute approximate surface area is 145 Å². The van der Waals surface area contributed by atoms with Crippen LogP contribution in [-0.4, -0.2) is 20.6 Å². The smallest absolute Gasteiger partial charge is 0.419 e. The van der Waals surface area contributed by atoms with Crippen molar-refractivity contribution >= 4 is 28.4 Å². The van der Waals surface area contributed by atoms with Crippen LogP contribution in [0, 0.1) is 0 Å². The Hall–Kier alpha value is -3.19. The molecule has 25 heavy (non-hydrogen) atoms. The Balaban J connectivity index is 1.75. The summed E-state index contributed by atoms with van der Waals surface area (Å²) in [7, 11) is 1.66. The maximum Gasteiger partial charge on any atom is 0.419 e. The highest BCUT2D eigenvalue weighted by atomic mass is 32.1. The average Bonchev–Trinajstić information content (AvgIpc) is 3.20. The largest absolute Gasteiger partial charge is 0.478 e. The van der Waals surface area contributed by atoms with Gasteiger partial charge in [0, 0.05) is 23.6 Å². The van der Waals surface area contributed by atoms with Crippen LogP contribution in [-0.2, 0) is 7.05 Å². The first-order chi connectivity index (χ1) is 12.0. The van der Waals surface area contributed by atoms with Crippen molar-refractivity contribution in [3.63, 3.8) is 0 Å². The van der Waals surface area contributed by atoms with Crippen molar-refractivity contribution in [2.75, 3.05) is 0 Å². The molecule has 7 heteroatoms. The first kappa shape index (κ1) is 15.3. The molecular weight excluding hydrogens is 340 g/mol. The van der Waals surface area contributed by atoms with Gasteiger partial charge in [-0.1, -0.05) is 18.2 Å². The van der Waals surface area contributed by atoms with Gasteiger partial charge in [-0.25, -0.2) is 14.6 Å². The van der Waals surface area contributed by atoms with Gasteiger partial charge in [-0.3, -0.25) is 4.57 Å². The zero-order chi connectivity index (χ0) is 17.6. The van der Waals surface area contributed by atoms with Crippen LogP contribution in [0.15, 0.2) is 57.1 Å². The molecule has 0 bridgehead atoms. The van der Waals surface area contributed by atoms with Crippen LogP contribution in [0.4, 0.5) is 0 Å². The van der Waals surface area contributed by atoms with E-state index in [0.717, 1.165) is 27.3 Å². The summed E-state index contributed by atoms with van der Waals surface area (Å²) in [5, 5.41) is 11.7. The Morgan fingerprint density at radius 3 is 2.84 bits per heavy atom. The van der Waals surface area contributed by atoms with Crippen molar-refractivity contribution in [2.45, 2.75) is 0 Å². The number of carboxylic acid groups (broad SMARTS) is 1. The third kappa shape index (κ3) is 2.64. The van der Waals surface area contributed by atoms with Gasteiger partial charge in [-0.2, -0.15) is 0 Å². The summed E-state index contributed by atoms with van der Waals surface area (Å²) in [5.41, 5.74) is 3.78. The molecule has 124 valence electrons. The molecule has 2 aromatic heterocycles. The van der Waals surface area contributed by atoms with E-state index in [1.807, 2.05) is 23.6 Å². The summed E-state index contributed by atoms with van der Waals surface area (Å²) < 4.78 is 6.66. The van der Waals surface area contributed by atoms with Gasteiger partial charge in [0.15, 0.2) is 5.58 Å². The van der Waals surface area contributed by atoms with Gasteiger partial charge < -0.3 is 9.52 Å². The SMILES string of the molecule is Cn1c(=O)oc2cc(-c3csc(-c4cccc(C(=O)O)c4)n3)ccc21. The van der Waals surface area contributed by atoms with Crippen molar-refractivity contribution in [1.29, 1.82) is 0 Å². The molecule has 4 aromatic rings. The second-order valence-corrected chi connectivity index (χ2v) is 6.39. The molecule has 0 aliphatic heterocycles. The third-order valence-electron chi connectivity index (χ3n) is 3.95. The first-order valence-electron chi connectivity index (χ1n) is 7.42. The number of rotatable bonds is 3. The Kier molecular flexibility index (Phi) is 3.51. The zero-order valence-electron chi connectivity index (χ0n) is 13.1. The molecule has 0 saturated carbocycles. The highest BCUT2D eigenvalue weighted by Gasteiger charge is 2.12. The summed E-state index contributed by atoms with van der Waals surface area (Å²) >= 11 is 1.43. The van der Waals surface area contributed by atoms with Crippen LogP contribution in [0.1, 0.15) is 10.4 Å². The number of oxazole rings is 1. The Bertz CT molecular complexity index is 1170. The summed E-state index contributed by atoms with van der Waals surface area (Å²) in [6.45, 7) is 0. The van der Waals surface area contributed by atoms with Gasteiger partial charge >= 0.3 is 11.7 Å². The van der Waals surface area contributed by atoms with Crippen LogP contribution in [0.2, 0.25) is 0 Å². The first-order valence-corrected chi connectivity index (χ1v) is 8.30. The number of carbonyl (C=O) groups is 1. The van der Waals surface area contributed by atoms with E-state index >= 15 is 0 Å². The normalized spacial score (nSPS) is 11.1. The van der Waals surface area contributed by atoms with Crippen molar-refractivity contribution in [3.8, 4) is 21.8 Å². The molecule has 0 amide bonds. The molecule has 0 atom stereocenters. The minimum absolute atomic E-state index is 0.224. The molecule has 4 rings (SSSR count). The summed E-state index contributed by atoms with van der Waals surface area (Å²) in [6.07, 6.45) is 0. The van der Waals surface area contributed by atoms with Crippen LogP contribution in [0.25, 0.3) is 32.9 Å². The molecule has 0 spiro atoms. The van der Waals surface area contributed by atoms with Crippen LogP contribution < -0.4 is 5.76 Å². The minimum Gasteiger partial charge on any atom is -0.478 e. The predicted molar refractivity (Wildman–Crippen MR) is 95.0 cm³/mol. The zero-order valence-corrected chi connectivity index (χ0v) is 13.9. The molecule has 0 unspecified atom stereocenters. The maximum absolute atomic E-state index is 11.6. The Morgan fingerprint density at radius 2 is 2.04 bits per heavy atom. The molecular formula is C18H12N2O4S. The molecule has 0 fully saturated rings. The fourth-order valence-electron chi connectivity index (χ4n) is 2.62. The van der Waals surface area contributed by atoms with E-state index in [1.54, 1.807) is 31.3 Å². The van der Waals surface area contributed by atoms with E-state index in [2.05, 4.69) is 4.98 Å². The standard InChI is InChI=1S/C18H12N2O4S/c1-20-14-6-5-10(8-15(14)24-18(20)23)13-9-25-16(19-13)11-3-2-4-12(7-11)17(21)22/h2-9H,1H3,(H,21,22). The number of benzene rings is 2. The second-order valence-electron chi connectivity index (χ2n) is 5.53. The molecule has 0 radical (unpaired) electrons. The lowest BCUT2D eigenvalue weighted by atomic mass is 10.1. The number of aromatic carboxylic acids is 1. The number of carboxylic acids is 1. The fourth-order valence-corrected chi connectivity index (χ4v) is 3.44. The summed E-state index contributed by atoms with van der Waals surface area (Å²) in [6, 6.07) is 12.2. The van der Waals surface area contributed by atoms with Crippen LogP contribution in [0.3, 0.4) is 0 Å². The van der Waals surface area contributed by atoms with Gasteiger partial charge in [0.1, 0.15) is 5.01 Å². The number of aromatic nitrogens is 2. The lowest BCUT2D eigenvalue weighted by Crippen LogP contribution is -2.08. The number of nitrogens with zero attached hydrogens (tertiary/aromatic N) is 2. The number of hydrogen-bond donors (Lipinski definition) is 1. The molecule has 0 saturated heterocycles. The van der Waals surface area contributed by atoms with Gasteiger partial charge in [0.05, 0.1) is 16.8 Å². The Morgan fingerprint density at radius 1 is 1.20 bits per heavy atom. The molecule has 2 heterocycles. The predicted octanol–water partition coefficient (Wildman–Crippen LogP) is 3.62. The monoisotopic (exact) mass is 352 g/mol. The van der Waals surface area contributed by atoms with Gasteiger partial charge in [0.25, 0.3) is 0 Å². The molecule has 0 aliphatic carbocycles. The summed E-state index contributed by atoms with van der Waals surface area (Å²) in [5.74, 6) is -1.38. The average molecular weight is 352 g/mol. The van der Waals surface area contributed by atoms with E-state index in [9.17, 15) is 9.59 Å². The van der Waals surface area contributed by atoms with Crippen LogP contribution >= 0.6 is 11.3 Å². The van der Waals surface area contributed by atoms with E-state index < -0.39 is 11.7 Å². The fraction of sp³-hybridized carbons (Fsp3) is 0.0556. The molecule has 2 aromatic carbocycles. The number of fused-ring (bicyclic) bond motifs is 1. The van der Waals surface area contributed by atoms with E-state index in [1.165, 1.54) is 15.9 Å². The van der Waals surface area contributed by atoms with Gasteiger partial charge in [-0.05, 0) is 24.3 Å². The minimum atomic E-state index is -0.969. The highest BCUT2D eigenvalue weighted by molar-refractivity contribution is 7.13. The lowest BCUT2D eigenvalue weighted by molar-refractivity contribution is 0.0697. The maximum atomic E-state index is 11.6. The second kappa shape index (κ2) is 5.71. The topological polar surface area (TPSA) is 85.3 Å². The molecule has 6 nitrogen and oxygen atoms in total. The van der Waals surface area contributed by atoms with Crippen molar-refractivity contribution < 1.29 is 14.3 Å². The van der Waals surface area contributed by atoms with Crippen molar-refractivity contribution in [1.82, 2.24) is 9.55 Å². The lowest BCUT2D eigenvalue weighted by Gasteiger charge is -1.99.